The van der Waals surface area contributed by atoms with Crippen LogP contribution in [0.2, 0.25) is 5.02 Å². The Bertz CT molecular complexity index is 1420. The van der Waals surface area contributed by atoms with E-state index in [0.29, 0.717) is 22.9 Å². The summed E-state index contributed by atoms with van der Waals surface area (Å²) in [7, 11) is -2.83. The Morgan fingerprint density at radius 2 is 1.66 bits per heavy atom. The minimum atomic E-state index is -4.29. The summed E-state index contributed by atoms with van der Waals surface area (Å²) >= 11 is 6.41. The van der Waals surface area contributed by atoms with Crippen molar-refractivity contribution in [2.75, 3.05) is 24.5 Å². The number of hydrogen-bond acceptors (Lipinski definition) is 5. The molecule has 0 aliphatic carbocycles. The van der Waals surface area contributed by atoms with Crippen molar-refractivity contribution in [3.8, 4) is 5.75 Å². The lowest BCUT2D eigenvalue weighted by molar-refractivity contribution is -0.140. The average molecular weight is 604 g/mol. The Balaban J connectivity index is 2.04. The lowest BCUT2D eigenvalue weighted by Gasteiger charge is -2.33. The number of carbonyl (C=O) groups is 2. The van der Waals surface area contributed by atoms with Crippen molar-refractivity contribution in [1.82, 2.24) is 10.2 Å². The van der Waals surface area contributed by atoms with Crippen molar-refractivity contribution in [2.24, 2.45) is 0 Å². The van der Waals surface area contributed by atoms with Gasteiger partial charge in [0.2, 0.25) is 11.8 Å². The van der Waals surface area contributed by atoms with Crippen LogP contribution in [0.15, 0.2) is 77.7 Å². The Kier molecular flexibility index (Phi) is 11.5. The van der Waals surface area contributed by atoms with E-state index in [4.69, 9.17) is 16.3 Å². The second-order valence-corrected chi connectivity index (χ2v) is 11.6. The fraction of sp³-hybridized carbons (Fsp3) is 0.333. The zero-order chi connectivity index (χ0) is 30.0. The number of nitrogens with zero attached hydrogens (tertiary/aromatic N) is 2. The molecule has 0 spiro atoms. The molecule has 0 heterocycles. The summed E-state index contributed by atoms with van der Waals surface area (Å²) in [6, 6.07) is 16.6. The summed E-state index contributed by atoms with van der Waals surface area (Å²) in [5, 5.41) is 3.29. The number of carbonyl (C=O) groups excluding carboxylic acids is 2. The van der Waals surface area contributed by atoms with Gasteiger partial charge in [-0.2, -0.15) is 0 Å². The fourth-order valence-electron chi connectivity index (χ4n) is 4.25. The third kappa shape index (κ3) is 8.20. The predicted molar refractivity (Wildman–Crippen MR) is 158 cm³/mol. The zero-order valence-corrected chi connectivity index (χ0v) is 24.9. The summed E-state index contributed by atoms with van der Waals surface area (Å²) in [6.07, 6.45) is 1.95. The van der Waals surface area contributed by atoms with Crippen LogP contribution in [0.1, 0.15) is 38.7 Å². The highest BCUT2D eigenvalue weighted by atomic mass is 35.5. The van der Waals surface area contributed by atoms with Gasteiger partial charge in [0.05, 0.1) is 17.7 Å². The van der Waals surface area contributed by atoms with Gasteiger partial charge in [0.25, 0.3) is 10.0 Å². The van der Waals surface area contributed by atoms with Crippen LogP contribution in [0.25, 0.3) is 0 Å². The van der Waals surface area contributed by atoms with Crippen LogP contribution >= 0.6 is 11.6 Å². The van der Waals surface area contributed by atoms with E-state index in [2.05, 4.69) is 5.32 Å². The normalized spacial score (nSPS) is 11.9. The number of unbranched alkanes of at least 4 members (excludes halogenated alkanes) is 1. The molecule has 0 radical (unpaired) electrons. The molecule has 8 nitrogen and oxygen atoms in total. The minimum Gasteiger partial charge on any atom is -0.497 e. The first-order valence-corrected chi connectivity index (χ1v) is 15.2. The molecule has 220 valence electrons. The highest BCUT2D eigenvalue weighted by Gasteiger charge is 2.34. The number of halogens is 2. The Morgan fingerprint density at radius 3 is 2.24 bits per heavy atom. The van der Waals surface area contributed by atoms with Gasteiger partial charge < -0.3 is 15.0 Å². The van der Waals surface area contributed by atoms with Crippen molar-refractivity contribution in [3.05, 3.63) is 89.2 Å². The molecule has 0 saturated carbocycles. The summed E-state index contributed by atoms with van der Waals surface area (Å²) in [5.74, 6) is -1.06. The maximum Gasteiger partial charge on any atom is 0.264 e. The smallest absolute Gasteiger partial charge is 0.264 e. The first kappa shape index (κ1) is 31.9. The molecule has 0 fully saturated rings. The number of ether oxygens (including phenoxy) is 1. The highest BCUT2D eigenvalue weighted by molar-refractivity contribution is 7.92. The van der Waals surface area contributed by atoms with Crippen molar-refractivity contribution < 1.29 is 27.1 Å². The van der Waals surface area contributed by atoms with Gasteiger partial charge in [0.1, 0.15) is 24.2 Å². The number of anilines is 1. The molecule has 1 unspecified atom stereocenters. The largest absolute Gasteiger partial charge is 0.497 e. The standard InChI is InChI=1S/C30H35ClFN3O5S/c1-4-6-19-33-30(37)28(5-2)34(20-22-9-7-8-10-27(22)31)29(36)21-35(24-13-11-23(32)12-14-24)41(38,39)26-17-15-25(40-3)16-18-26/h7-18,28H,4-6,19-21H2,1-3H3,(H,33,37). The SMILES string of the molecule is CCCCNC(=O)C(CC)N(Cc1ccccc1Cl)C(=O)CN(c1ccc(F)cc1)S(=O)(=O)c1ccc(OC)cc1. The molecule has 41 heavy (non-hydrogen) atoms. The summed E-state index contributed by atoms with van der Waals surface area (Å²) in [5.41, 5.74) is 0.697. The van der Waals surface area contributed by atoms with Crippen molar-refractivity contribution in [1.29, 1.82) is 0 Å². The molecule has 3 aromatic rings. The Morgan fingerprint density at radius 1 is 1.00 bits per heavy atom. The molecule has 2 amide bonds. The van der Waals surface area contributed by atoms with Gasteiger partial charge in [0.15, 0.2) is 0 Å². The summed E-state index contributed by atoms with van der Waals surface area (Å²) in [4.78, 5) is 28.5. The lowest BCUT2D eigenvalue weighted by atomic mass is 10.1. The Labute approximate surface area is 246 Å². The van der Waals surface area contributed by atoms with Crippen molar-refractivity contribution in [2.45, 2.75) is 50.6 Å². The van der Waals surface area contributed by atoms with Crippen LogP contribution in [0.3, 0.4) is 0 Å². The first-order valence-electron chi connectivity index (χ1n) is 13.3. The van der Waals surface area contributed by atoms with E-state index in [0.717, 1.165) is 29.3 Å². The second-order valence-electron chi connectivity index (χ2n) is 9.35. The number of nitrogens with one attached hydrogen (secondary N) is 1. The average Bonchev–Trinajstić information content (AvgIpc) is 2.97. The van der Waals surface area contributed by atoms with E-state index < -0.39 is 34.3 Å². The third-order valence-corrected chi connectivity index (χ3v) is 8.71. The molecular formula is C30H35ClFN3O5S. The van der Waals surface area contributed by atoms with Gasteiger partial charge >= 0.3 is 0 Å². The summed E-state index contributed by atoms with van der Waals surface area (Å²) in [6.45, 7) is 3.58. The van der Waals surface area contributed by atoms with E-state index in [1.807, 2.05) is 6.92 Å². The van der Waals surface area contributed by atoms with Crippen molar-refractivity contribution >= 4 is 39.1 Å². The molecule has 0 saturated heterocycles. The maximum absolute atomic E-state index is 14.0. The van der Waals surface area contributed by atoms with Gasteiger partial charge in [-0.25, -0.2) is 12.8 Å². The van der Waals surface area contributed by atoms with Crippen LogP contribution in [0.4, 0.5) is 10.1 Å². The monoisotopic (exact) mass is 603 g/mol. The molecule has 1 atom stereocenters. The molecule has 0 aliphatic heterocycles. The molecule has 0 aliphatic rings. The fourth-order valence-corrected chi connectivity index (χ4v) is 5.86. The maximum atomic E-state index is 14.0. The molecule has 0 bridgehead atoms. The topological polar surface area (TPSA) is 96.0 Å². The van der Waals surface area contributed by atoms with E-state index >= 15 is 0 Å². The molecule has 11 heteroatoms. The van der Waals surface area contributed by atoms with E-state index in [-0.39, 0.29) is 29.5 Å². The molecule has 1 N–H and O–H groups in total. The van der Waals surface area contributed by atoms with Crippen LogP contribution in [-0.4, -0.2) is 51.4 Å². The van der Waals surface area contributed by atoms with Crippen molar-refractivity contribution in [3.63, 3.8) is 0 Å². The zero-order valence-electron chi connectivity index (χ0n) is 23.3. The number of hydrogen-bond donors (Lipinski definition) is 1. The van der Waals surface area contributed by atoms with Gasteiger partial charge in [0, 0.05) is 18.1 Å². The van der Waals surface area contributed by atoms with E-state index in [9.17, 15) is 22.4 Å². The van der Waals surface area contributed by atoms with Crippen LogP contribution < -0.4 is 14.4 Å². The number of methoxy groups -OCH3 is 1. The number of benzene rings is 3. The quantitative estimate of drug-likeness (QED) is 0.249. The second kappa shape index (κ2) is 14.8. The van der Waals surface area contributed by atoms with Gasteiger partial charge in [-0.1, -0.05) is 50.1 Å². The minimum absolute atomic E-state index is 0.0158. The van der Waals surface area contributed by atoms with Gasteiger partial charge in [-0.3, -0.25) is 13.9 Å². The number of sulfonamides is 1. The number of rotatable bonds is 14. The van der Waals surface area contributed by atoms with E-state index in [1.54, 1.807) is 31.2 Å². The highest BCUT2D eigenvalue weighted by Crippen LogP contribution is 2.27. The third-order valence-electron chi connectivity index (χ3n) is 6.55. The number of amides is 2. The molecule has 3 aromatic carbocycles. The van der Waals surface area contributed by atoms with Crippen LogP contribution in [-0.2, 0) is 26.2 Å². The van der Waals surface area contributed by atoms with Crippen LogP contribution in [0, 0.1) is 5.82 Å². The molecular weight excluding hydrogens is 569 g/mol. The lowest BCUT2D eigenvalue weighted by Crippen LogP contribution is -2.52. The van der Waals surface area contributed by atoms with Crippen LogP contribution in [0.5, 0.6) is 5.75 Å². The molecule has 0 aromatic heterocycles. The van der Waals surface area contributed by atoms with Gasteiger partial charge in [-0.15, -0.1) is 0 Å². The first-order chi connectivity index (χ1) is 19.6. The summed E-state index contributed by atoms with van der Waals surface area (Å²) < 4.78 is 47.5. The Hall–Kier alpha value is -3.63. The molecule has 3 rings (SSSR count). The predicted octanol–water partition coefficient (Wildman–Crippen LogP) is 5.41. The van der Waals surface area contributed by atoms with Gasteiger partial charge in [-0.05, 0) is 73.0 Å². The van der Waals surface area contributed by atoms with E-state index in [1.165, 1.54) is 48.4 Å².